The van der Waals surface area contributed by atoms with Gasteiger partial charge >= 0.3 is 0 Å². The lowest BCUT2D eigenvalue weighted by Gasteiger charge is -2.40. The Morgan fingerprint density at radius 2 is 1.63 bits per heavy atom. The monoisotopic (exact) mass is 555 g/mol. The van der Waals surface area contributed by atoms with Crippen LogP contribution >= 0.6 is 23.2 Å². The molecule has 0 bridgehead atoms. The maximum absolute atomic E-state index is 12.8. The van der Waals surface area contributed by atoms with Gasteiger partial charge in [-0.05, 0) is 60.9 Å². The minimum Gasteiger partial charge on any atom is -0.399 e. The molecule has 8 heteroatoms. The molecule has 1 aromatic heterocycles. The number of nitrogens with two attached hydrogens (primary N) is 1. The molecular formula is C30H39Cl2N5O. The average Bonchev–Trinajstić information content (AvgIpc) is 2.96. The summed E-state index contributed by atoms with van der Waals surface area (Å²) < 4.78 is 0. The first kappa shape index (κ1) is 29.9. The van der Waals surface area contributed by atoms with Gasteiger partial charge in [0.15, 0.2) is 0 Å². The fraction of sp³-hybridized carbons (Fsp3) is 0.400. The molecule has 0 unspecified atom stereocenters. The number of alkyl halides is 2. The van der Waals surface area contributed by atoms with Gasteiger partial charge in [-0.2, -0.15) is 0 Å². The molecule has 1 aliphatic heterocycles. The summed E-state index contributed by atoms with van der Waals surface area (Å²) in [6.45, 7) is 10.3. The number of pyridine rings is 1. The van der Waals surface area contributed by atoms with Crippen LogP contribution in [0, 0.1) is 0 Å². The second kappa shape index (κ2) is 15.7. The molecule has 1 saturated heterocycles. The highest BCUT2D eigenvalue weighted by Crippen LogP contribution is 2.31. The van der Waals surface area contributed by atoms with Crippen LogP contribution in [0.5, 0.6) is 0 Å². The Morgan fingerprint density at radius 1 is 0.947 bits per heavy atom. The quantitative estimate of drug-likeness (QED) is 0.278. The number of benzene rings is 2. The number of hydrogen-bond donors (Lipinski definition) is 1. The number of carbonyl (C=O) groups excluding carboxylic acids is 1. The van der Waals surface area contributed by atoms with Crippen LogP contribution in [0.1, 0.15) is 46.9 Å². The van der Waals surface area contributed by atoms with Crippen molar-refractivity contribution in [2.75, 3.05) is 56.8 Å². The molecule has 0 saturated carbocycles. The summed E-state index contributed by atoms with van der Waals surface area (Å²) in [5.41, 5.74) is 11.3. The highest BCUT2D eigenvalue weighted by atomic mass is 35.5. The summed E-state index contributed by atoms with van der Waals surface area (Å²) in [6, 6.07) is 20.5. The van der Waals surface area contributed by atoms with Crippen LogP contribution in [0.25, 0.3) is 0 Å². The third kappa shape index (κ3) is 8.43. The molecular weight excluding hydrogens is 517 g/mol. The number of amides is 1. The Kier molecular flexibility index (Phi) is 12.4. The Hall–Kier alpha value is -2.64. The molecule has 1 atom stereocenters. The smallest absolute Gasteiger partial charge is 0.253 e. The molecule has 0 radical (unpaired) electrons. The predicted octanol–water partition coefficient (Wildman–Crippen LogP) is 5.52. The number of nitrogen functional groups attached to an aromatic ring is 1. The summed E-state index contributed by atoms with van der Waals surface area (Å²) in [5, 5.41) is 0. The fourth-order valence-corrected chi connectivity index (χ4v) is 4.77. The van der Waals surface area contributed by atoms with Crippen molar-refractivity contribution in [1.29, 1.82) is 0 Å². The molecule has 204 valence electrons. The van der Waals surface area contributed by atoms with E-state index < -0.39 is 0 Å². The van der Waals surface area contributed by atoms with E-state index in [0.717, 1.165) is 44.0 Å². The number of rotatable bonds is 9. The maximum Gasteiger partial charge on any atom is 0.253 e. The fourth-order valence-electron chi connectivity index (χ4n) is 4.77. The topological polar surface area (TPSA) is 65.7 Å². The summed E-state index contributed by atoms with van der Waals surface area (Å²) in [7, 11) is 0. The van der Waals surface area contributed by atoms with Gasteiger partial charge in [-0.25, -0.2) is 0 Å². The molecule has 0 aliphatic carbocycles. The molecule has 1 fully saturated rings. The minimum absolute atomic E-state index is 0.0843. The van der Waals surface area contributed by atoms with Gasteiger partial charge in [-0.1, -0.05) is 30.3 Å². The first-order valence-corrected chi connectivity index (χ1v) is 14.3. The van der Waals surface area contributed by atoms with Crippen LogP contribution in [-0.2, 0) is 6.54 Å². The molecule has 38 heavy (non-hydrogen) atoms. The SMILES string of the molecule is CCN(CC)C(=O)c1ccc([C@@H](c2cccc(N)c2)N2CCN(Cc3cccnc3)CC2)cc1.ClCCCl. The Bertz CT molecular complexity index is 1100. The molecule has 2 heterocycles. The normalized spacial score (nSPS) is 14.8. The van der Waals surface area contributed by atoms with E-state index in [1.54, 1.807) is 0 Å². The number of nitrogens with zero attached hydrogens (tertiary/aromatic N) is 4. The lowest BCUT2D eigenvalue weighted by molar-refractivity contribution is 0.0773. The zero-order chi connectivity index (χ0) is 27.3. The van der Waals surface area contributed by atoms with Gasteiger partial charge < -0.3 is 10.6 Å². The van der Waals surface area contributed by atoms with Gasteiger partial charge in [0.25, 0.3) is 5.91 Å². The van der Waals surface area contributed by atoms with Crippen molar-refractivity contribution in [3.05, 3.63) is 95.3 Å². The van der Waals surface area contributed by atoms with Crippen LogP contribution < -0.4 is 5.73 Å². The summed E-state index contributed by atoms with van der Waals surface area (Å²) in [5.74, 6) is 1.20. The van der Waals surface area contributed by atoms with Crippen LogP contribution in [0.15, 0.2) is 73.1 Å². The standard InChI is InChI=1S/C28H35N5O.C2H4Cl2/c1-3-32(4-2)28(34)24-12-10-23(11-13-24)27(25-8-5-9-26(29)19-25)33-17-15-31(16-18-33)21-22-7-6-14-30-20-22;3-1-2-4/h5-14,19-20,27H,3-4,15-18,21,29H2,1-2H3;1-2H2/t27-;/m0./s1. The Balaban J connectivity index is 0.000000934. The van der Waals surface area contributed by atoms with Crippen molar-refractivity contribution < 1.29 is 4.79 Å². The number of aromatic nitrogens is 1. The highest BCUT2D eigenvalue weighted by Gasteiger charge is 2.27. The third-order valence-electron chi connectivity index (χ3n) is 6.72. The molecule has 1 aliphatic rings. The minimum atomic E-state index is 0.0843. The summed E-state index contributed by atoms with van der Waals surface area (Å²) in [4.78, 5) is 23.9. The second-order valence-corrected chi connectivity index (χ2v) is 9.98. The number of hydrogen-bond acceptors (Lipinski definition) is 5. The Labute approximate surface area is 237 Å². The van der Waals surface area contributed by atoms with E-state index in [-0.39, 0.29) is 11.9 Å². The van der Waals surface area contributed by atoms with E-state index >= 15 is 0 Å². The van der Waals surface area contributed by atoms with Crippen LogP contribution in [0.3, 0.4) is 0 Å². The molecule has 2 N–H and O–H groups in total. The van der Waals surface area contributed by atoms with E-state index in [1.807, 2.05) is 61.5 Å². The van der Waals surface area contributed by atoms with Crippen molar-refractivity contribution in [2.24, 2.45) is 0 Å². The van der Waals surface area contributed by atoms with E-state index in [1.165, 1.54) is 16.7 Å². The first-order chi connectivity index (χ1) is 18.5. The van der Waals surface area contributed by atoms with E-state index in [2.05, 4.69) is 45.1 Å². The summed E-state index contributed by atoms with van der Waals surface area (Å²) in [6.07, 6.45) is 3.77. The zero-order valence-electron chi connectivity index (χ0n) is 22.4. The molecule has 1 amide bonds. The van der Waals surface area contributed by atoms with Gasteiger partial charge in [-0.15, -0.1) is 23.2 Å². The molecule has 0 spiro atoms. The Morgan fingerprint density at radius 3 is 2.18 bits per heavy atom. The lowest BCUT2D eigenvalue weighted by Crippen LogP contribution is -2.47. The third-order valence-corrected chi connectivity index (χ3v) is 7.29. The average molecular weight is 557 g/mol. The van der Waals surface area contributed by atoms with E-state index in [9.17, 15) is 4.79 Å². The van der Waals surface area contributed by atoms with Crippen molar-refractivity contribution in [2.45, 2.75) is 26.4 Å². The highest BCUT2D eigenvalue weighted by molar-refractivity contribution is 6.25. The summed E-state index contributed by atoms with van der Waals surface area (Å²) >= 11 is 10.1. The lowest BCUT2D eigenvalue weighted by atomic mass is 9.95. The van der Waals surface area contributed by atoms with Gasteiger partial charge in [0.05, 0.1) is 6.04 Å². The van der Waals surface area contributed by atoms with Gasteiger partial charge in [0, 0.05) is 81.2 Å². The molecule has 2 aromatic carbocycles. The molecule has 6 nitrogen and oxygen atoms in total. The van der Waals surface area contributed by atoms with Crippen LogP contribution in [0.4, 0.5) is 5.69 Å². The first-order valence-electron chi connectivity index (χ1n) is 13.2. The molecule has 4 rings (SSSR count). The van der Waals surface area contributed by atoms with Crippen molar-refractivity contribution in [1.82, 2.24) is 19.7 Å². The van der Waals surface area contributed by atoms with Crippen molar-refractivity contribution in [3.8, 4) is 0 Å². The maximum atomic E-state index is 12.8. The van der Waals surface area contributed by atoms with Crippen LogP contribution in [0.2, 0.25) is 0 Å². The van der Waals surface area contributed by atoms with Gasteiger partial charge in [0.1, 0.15) is 0 Å². The van der Waals surface area contributed by atoms with Gasteiger partial charge in [-0.3, -0.25) is 19.6 Å². The van der Waals surface area contributed by atoms with Crippen molar-refractivity contribution in [3.63, 3.8) is 0 Å². The molecule has 3 aromatic rings. The van der Waals surface area contributed by atoms with Crippen molar-refractivity contribution >= 4 is 34.8 Å². The van der Waals surface area contributed by atoms with Gasteiger partial charge in [0.2, 0.25) is 0 Å². The number of piperazine rings is 1. The van der Waals surface area contributed by atoms with E-state index in [0.29, 0.717) is 24.8 Å². The van der Waals surface area contributed by atoms with Crippen LogP contribution in [-0.4, -0.2) is 76.6 Å². The van der Waals surface area contributed by atoms with E-state index in [4.69, 9.17) is 28.9 Å². The predicted molar refractivity (Wildman–Crippen MR) is 159 cm³/mol. The second-order valence-electron chi connectivity index (χ2n) is 9.22. The number of halogens is 2. The number of anilines is 1. The largest absolute Gasteiger partial charge is 0.399 e. The number of carbonyl (C=O) groups is 1. The zero-order valence-corrected chi connectivity index (χ0v) is 23.9.